The van der Waals surface area contributed by atoms with Gasteiger partial charge in [-0.2, -0.15) is 0 Å². The van der Waals surface area contributed by atoms with Gasteiger partial charge in [-0.15, -0.1) is 0 Å². The van der Waals surface area contributed by atoms with Gasteiger partial charge in [0.15, 0.2) is 0 Å². The molecule has 0 amide bonds. The van der Waals surface area contributed by atoms with Crippen LogP contribution in [0.3, 0.4) is 0 Å². The second-order valence-electron chi connectivity index (χ2n) is 4.68. The molecule has 0 saturated heterocycles. The van der Waals surface area contributed by atoms with Gasteiger partial charge in [0, 0.05) is 0 Å². The smallest absolute Gasteiger partial charge is 0.303 e. The highest BCUT2D eigenvalue weighted by Gasteiger charge is 2.50. The summed E-state index contributed by atoms with van der Waals surface area (Å²) in [6.45, 7) is 4.84. The molecule has 1 rings (SSSR count). The van der Waals surface area contributed by atoms with Crippen LogP contribution in [0.25, 0.3) is 0 Å². The number of hydrogen-bond acceptors (Lipinski definition) is 2. The number of carbonyl (C=O) groups is 1. The molecule has 3 N–H and O–H groups in total. The van der Waals surface area contributed by atoms with Gasteiger partial charge >= 0.3 is 5.97 Å². The number of carboxylic acid groups (broad SMARTS) is 1. The molecule has 0 spiro atoms. The Kier molecular flexibility index (Phi) is 3.53. The third-order valence-electron chi connectivity index (χ3n) is 3.91. The SMILES string of the molecule is CCC[C@@H]1C[C@](CN)(CC(=O)O)[C@@H]1C. The summed E-state index contributed by atoms with van der Waals surface area (Å²) in [5, 5.41) is 8.82. The average molecular weight is 199 g/mol. The number of carboxylic acids is 1. The minimum Gasteiger partial charge on any atom is -0.481 e. The van der Waals surface area contributed by atoms with E-state index in [9.17, 15) is 4.79 Å². The summed E-state index contributed by atoms with van der Waals surface area (Å²) in [7, 11) is 0. The van der Waals surface area contributed by atoms with E-state index in [0.717, 1.165) is 6.42 Å². The van der Waals surface area contributed by atoms with Crippen LogP contribution in [0.2, 0.25) is 0 Å². The Morgan fingerprint density at radius 2 is 2.29 bits per heavy atom. The van der Waals surface area contributed by atoms with Gasteiger partial charge in [0.05, 0.1) is 6.42 Å². The van der Waals surface area contributed by atoms with Gasteiger partial charge in [0.25, 0.3) is 0 Å². The van der Waals surface area contributed by atoms with E-state index in [1.807, 2.05) is 0 Å². The van der Waals surface area contributed by atoms with Gasteiger partial charge in [0.2, 0.25) is 0 Å². The molecule has 1 aliphatic carbocycles. The van der Waals surface area contributed by atoms with E-state index in [1.165, 1.54) is 12.8 Å². The molecule has 3 heteroatoms. The third-order valence-corrected chi connectivity index (χ3v) is 3.91. The van der Waals surface area contributed by atoms with Crippen LogP contribution in [0.1, 0.15) is 39.5 Å². The lowest BCUT2D eigenvalue weighted by Crippen LogP contribution is -2.52. The van der Waals surface area contributed by atoms with Crippen molar-refractivity contribution in [3.63, 3.8) is 0 Å². The lowest BCUT2D eigenvalue weighted by Gasteiger charge is -2.53. The molecule has 1 aliphatic rings. The Bertz CT molecular complexity index is 217. The van der Waals surface area contributed by atoms with Crippen molar-refractivity contribution in [2.75, 3.05) is 6.54 Å². The van der Waals surface area contributed by atoms with Gasteiger partial charge in [-0.05, 0) is 30.2 Å². The van der Waals surface area contributed by atoms with Crippen molar-refractivity contribution in [3.05, 3.63) is 0 Å². The molecule has 0 aromatic heterocycles. The maximum atomic E-state index is 10.7. The first-order valence-corrected chi connectivity index (χ1v) is 5.47. The first-order chi connectivity index (χ1) is 6.55. The van der Waals surface area contributed by atoms with Crippen LogP contribution in [0.4, 0.5) is 0 Å². The van der Waals surface area contributed by atoms with Crippen LogP contribution < -0.4 is 5.73 Å². The first kappa shape index (κ1) is 11.5. The van der Waals surface area contributed by atoms with E-state index in [4.69, 9.17) is 10.8 Å². The molecule has 1 saturated carbocycles. The Morgan fingerprint density at radius 3 is 2.64 bits per heavy atom. The first-order valence-electron chi connectivity index (χ1n) is 5.47. The molecule has 0 unspecified atom stereocenters. The average Bonchev–Trinajstić information content (AvgIpc) is 2.14. The Hall–Kier alpha value is -0.570. The number of nitrogens with two attached hydrogens (primary N) is 1. The second-order valence-corrected chi connectivity index (χ2v) is 4.68. The van der Waals surface area contributed by atoms with Gasteiger partial charge in [0.1, 0.15) is 0 Å². The van der Waals surface area contributed by atoms with Crippen LogP contribution >= 0.6 is 0 Å². The van der Waals surface area contributed by atoms with Crippen molar-refractivity contribution in [1.29, 1.82) is 0 Å². The molecular weight excluding hydrogens is 178 g/mol. The molecule has 0 radical (unpaired) electrons. The van der Waals surface area contributed by atoms with Crippen LogP contribution in [0, 0.1) is 17.3 Å². The van der Waals surface area contributed by atoms with Crippen LogP contribution in [0.5, 0.6) is 0 Å². The number of rotatable bonds is 5. The van der Waals surface area contributed by atoms with Crippen molar-refractivity contribution < 1.29 is 9.90 Å². The summed E-state index contributed by atoms with van der Waals surface area (Å²) in [6.07, 6.45) is 3.64. The maximum absolute atomic E-state index is 10.7. The van der Waals surface area contributed by atoms with Crippen LogP contribution in [0.15, 0.2) is 0 Å². The molecule has 3 atom stereocenters. The van der Waals surface area contributed by atoms with E-state index in [1.54, 1.807) is 0 Å². The van der Waals surface area contributed by atoms with Crippen molar-refractivity contribution in [2.45, 2.75) is 39.5 Å². The summed E-state index contributed by atoms with van der Waals surface area (Å²) in [6, 6.07) is 0. The third kappa shape index (κ3) is 1.92. The largest absolute Gasteiger partial charge is 0.481 e. The summed E-state index contributed by atoms with van der Waals surface area (Å²) >= 11 is 0. The molecule has 0 aromatic carbocycles. The van der Waals surface area contributed by atoms with Gasteiger partial charge in [-0.3, -0.25) is 4.79 Å². The molecule has 0 aliphatic heterocycles. The van der Waals surface area contributed by atoms with E-state index in [-0.39, 0.29) is 11.8 Å². The predicted octanol–water partition coefficient (Wildman–Crippen LogP) is 1.86. The van der Waals surface area contributed by atoms with Crippen LogP contribution in [-0.2, 0) is 4.79 Å². The molecule has 1 fully saturated rings. The summed E-state index contributed by atoms with van der Waals surface area (Å²) in [4.78, 5) is 10.7. The van der Waals surface area contributed by atoms with Crippen molar-refractivity contribution in [2.24, 2.45) is 23.0 Å². The minimum absolute atomic E-state index is 0.105. The summed E-state index contributed by atoms with van der Waals surface area (Å²) in [5.74, 6) is 0.462. The highest BCUT2D eigenvalue weighted by molar-refractivity contribution is 5.68. The van der Waals surface area contributed by atoms with Crippen molar-refractivity contribution in [1.82, 2.24) is 0 Å². The van der Waals surface area contributed by atoms with E-state index in [0.29, 0.717) is 18.4 Å². The van der Waals surface area contributed by atoms with E-state index < -0.39 is 5.97 Å². The lowest BCUT2D eigenvalue weighted by atomic mass is 9.52. The van der Waals surface area contributed by atoms with Gasteiger partial charge in [-0.1, -0.05) is 26.7 Å². The molecule has 82 valence electrons. The Labute approximate surface area is 85.7 Å². The lowest BCUT2D eigenvalue weighted by molar-refractivity contribution is -0.146. The van der Waals surface area contributed by atoms with Crippen molar-refractivity contribution in [3.8, 4) is 0 Å². The van der Waals surface area contributed by atoms with Gasteiger partial charge < -0.3 is 10.8 Å². The molecule has 0 heterocycles. The minimum atomic E-state index is -0.711. The predicted molar refractivity (Wildman–Crippen MR) is 55.9 cm³/mol. The molecule has 0 bridgehead atoms. The Morgan fingerprint density at radius 1 is 1.64 bits per heavy atom. The highest BCUT2D eigenvalue weighted by atomic mass is 16.4. The molecule has 3 nitrogen and oxygen atoms in total. The zero-order valence-electron chi connectivity index (χ0n) is 9.12. The highest BCUT2D eigenvalue weighted by Crippen LogP contribution is 2.54. The second kappa shape index (κ2) is 4.30. The van der Waals surface area contributed by atoms with Crippen molar-refractivity contribution >= 4 is 5.97 Å². The summed E-state index contributed by atoms with van der Waals surface area (Å²) in [5.41, 5.74) is 5.60. The van der Waals surface area contributed by atoms with E-state index in [2.05, 4.69) is 13.8 Å². The Balaban J connectivity index is 2.54. The standard InChI is InChI=1S/C11H21NO2/c1-3-4-9-5-11(7-12,8(9)2)6-10(13)14/h8-9H,3-7,12H2,1-2H3,(H,13,14)/t8-,9-,11-/m1/s1. The molecule has 14 heavy (non-hydrogen) atoms. The van der Waals surface area contributed by atoms with Gasteiger partial charge in [-0.25, -0.2) is 0 Å². The summed E-state index contributed by atoms with van der Waals surface area (Å²) < 4.78 is 0. The fraction of sp³-hybridized carbons (Fsp3) is 0.909. The topological polar surface area (TPSA) is 63.3 Å². The number of aliphatic carboxylic acids is 1. The van der Waals surface area contributed by atoms with E-state index >= 15 is 0 Å². The zero-order chi connectivity index (χ0) is 10.8. The molecular formula is C11H21NO2. The quantitative estimate of drug-likeness (QED) is 0.710. The fourth-order valence-electron chi connectivity index (χ4n) is 2.82. The molecule has 0 aromatic rings. The van der Waals surface area contributed by atoms with Crippen LogP contribution in [-0.4, -0.2) is 17.6 Å². The fourth-order valence-corrected chi connectivity index (χ4v) is 2.82. The zero-order valence-corrected chi connectivity index (χ0v) is 9.12. The monoisotopic (exact) mass is 199 g/mol. The maximum Gasteiger partial charge on any atom is 0.303 e. The normalized spacial score (nSPS) is 36.5. The number of hydrogen-bond donors (Lipinski definition) is 2.